The number of nitrogens with one attached hydrogen (secondary N) is 1. The third kappa shape index (κ3) is 7.57. The Hall–Kier alpha value is -7.62. The van der Waals surface area contributed by atoms with E-state index in [9.17, 15) is 0 Å². The molecule has 12 rings (SSSR count). The van der Waals surface area contributed by atoms with Crippen LogP contribution in [0.3, 0.4) is 0 Å². The average molecular weight is 844 g/mol. The molecule has 0 saturated carbocycles. The van der Waals surface area contributed by atoms with Crippen LogP contribution >= 0.6 is 0 Å². The number of fused-ring (bicyclic) bond motifs is 11. The molecule has 0 atom stereocenters. The van der Waals surface area contributed by atoms with E-state index in [0.717, 1.165) is 23.1 Å². The minimum Gasteiger partial charge on any atom is -0.354 e. The van der Waals surface area contributed by atoms with Gasteiger partial charge in [-0.3, -0.25) is 0 Å². The molecule has 0 radical (unpaired) electrons. The van der Waals surface area contributed by atoms with Gasteiger partial charge in [0.15, 0.2) is 0 Å². The number of aryl methyl sites for hydroxylation is 4. The molecule has 0 amide bonds. The summed E-state index contributed by atoms with van der Waals surface area (Å²) in [5.41, 5.74) is 18.0. The fourth-order valence-electron chi connectivity index (χ4n) is 10.0. The Kier molecular flexibility index (Phi) is 11.7. The molecule has 320 valence electrons. The molecular weight excluding hydrogens is 787 g/mol. The maximum atomic E-state index is 3.66. The van der Waals surface area contributed by atoms with E-state index in [1.54, 1.807) is 0 Å². The van der Waals surface area contributed by atoms with Crippen molar-refractivity contribution in [3.05, 3.63) is 235 Å². The Morgan fingerprint density at radius 3 is 1.82 bits per heavy atom. The van der Waals surface area contributed by atoms with Crippen LogP contribution in [0.5, 0.6) is 0 Å². The molecule has 3 heteroatoms. The molecule has 0 saturated heterocycles. The van der Waals surface area contributed by atoms with Gasteiger partial charge < -0.3 is 14.5 Å². The summed E-state index contributed by atoms with van der Waals surface area (Å²) in [6, 6.07) is 69.9. The van der Waals surface area contributed by atoms with Gasteiger partial charge in [0.1, 0.15) is 0 Å². The quantitative estimate of drug-likeness (QED) is 0.175. The highest BCUT2D eigenvalue weighted by atomic mass is 15.1. The molecule has 0 aliphatic heterocycles. The second-order valence-corrected chi connectivity index (χ2v) is 17.5. The van der Waals surface area contributed by atoms with Gasteiger partial charge >= 0.3 is 0 Å². The first kappa shape index (κ1) is 42.7. The van der Waals surface area contributed by atoms with Crippen LogP contribution < -0.4 is 4.90 Å². The number of hydrogen-bond acceptors (Lipinski definition) is 1. The Bertz CT molecular complexity index is 3460. The number of nitrogens with zero attached hydrogens (tertiary/aromatic N) is 2. The first-order valence-corrected chi connectivity index (χ1v) is 22.7. The number of hydrogen-bond donors (Lipinski definition) is 1. The smallest absolute Gasteiger partial charge is 0.0562 e. The van der Waals surface area contributed by atoms with E-state index in [0.29, 0.717) is 0 Å². The molecule has 11 aromatic rings. The summed E-state index contributed by atoms with van der Waals surface area (Å²) in [4.78, 5) is 6.13. The van der Waals surface area contributed by atoms with E-state index >= 15 is 0 Å². The topological polar surface area (TPSA) is 24.0 Å². The molecule has 65 heavy (non-hydrogen) atoms. The SMILES string of the molecule is C=C.CCc1cccc2c1c1ccccc1n2C.Cc1ccc2c(c1)C(C)(C)c1cc(N(c3ccccc3)c3cccc4[nH]c5ccccc5c34)c3ccccc3c1-2.Cc1ccccc1. The highest BCUT2D eigenvalue weighted by Crippen LogP contribution is 2.55. The molecular formula is C62H57N3. The fraction of sp³-hybridized carbons (Fsp3) is 0.129. The monoisotopic (exact) mass is 843 g/mol. The van der Waals surface area contributed by atoms with Gasteiger partial charge in [-0.2, -0.15) is 0 Å². The van der Waals surface area contributed by atoms with Crippen molar-refractivity contribution >= 4 is 71.4 Å². The zero-order chi connectivity index (χ0) is 45.2. The van der Waals surface area contributed by atoms with Crippen molar-refractivity contribution in [1.29, 1.82) is 0 Å². The predicted molar refractivity (Wildman–Crippen MR) is 283 cm³/mol. The van der Waals surface area contributed by atoms with Crippen molar-refractivity contribution in [2.75, 3.05) is 4.90 Å². The lowest BCUT2D eigenvalue weighted by molar-refractivity contribution is 0.660. The average Bonchev–Trinajstić information content (AvgIpc) is 3.95. The normalized spacial score (nSPS) is 12.2. The molecule has 2 aromatic heterocycles. The van der Waals surface area contributed by atoms with Crippen LogP contribution in [0.2, 0.25) is 0 Å². The number of para-hydroxylation sites is 3. The van der Waals surface area contributed by atoms with Gasteiger partial charge in [0.2, 0.25) is 0 Å². The van der Waals surface area contributed by atoms with Crippen molar-refractivity contribution in [3.63, 3.8) is 0 Å². The summed E-state index contributed by atoms with van der Waals surface area (Å²) in [6.07, 6.45) is 1.09. The van der Waals surface area contributed by atoms with Crippen LogP contribution in [0.15, 0.2) is 207 Å². The lowest BCUT2D eigenvalue weighted by atomic mass is 9.81. The fourth-order valence-corrected chi connectivity index (χ4v) is 10.0. The van der Waals surface area contributed by atoms with Crippen molar-refractivity contribution < 1.29 is 0 Å². The summed E-state index contributed by atoms with van der Waals surface area (Å²) in [6.45, 7) is 17.3. The standard InChI is InChI=1S/C38H30N2.C15H15N.C7H8.C2H4/c1-24-20-21-28-30(22-24)38(2,3)31-23-35(26-14-7-8-15-27(26)36(28)31)40(25-12-5-4-6-13-25)34-19-11-18-33-37(34)29-16-9-10-17-32(29)39-33;1-3-11-7-6-10-14-15(11)12-8-4-5-9-13(12)16(14)2;1-7-5-3-2-4-6-7;1-2/h4-23,39H,1-3H3;4-10H,3H2,1-2H3;2-6H,1H3;1-2H2. The summed E-state index contributed by atoms with van der Waals surface area (Å²) in [5, 5.41) is 7.83. The van der Waals surface area contributed by atoms with Crippen LogP contribution in [-0.2, 0) is 18.9 Å². The molecule has 1 aliphatic rings. The Balaban J connectivity index is 0.000000174. The van der Waals surface area contributed by atoms with Crippen molar-refractivity contribution in [2.45, 2.75) is 46.5 Å². The lowest BCUT2D eigenvalue weighted by Crippen LogP contribution is -2.17. The van der Waals surface area contributed by atoms with E-state index in [-0.39, 0.29) is 5.41 Å². The summed E-state index contributed by atoms with van der Waals surface area (Å²) in [5.74, 6) is 0. The Morgan fingerprint density at radius 1 is 0.508 bits per heavy atom. The van der Waals surface area contributed by atoms with Crippen molar-refractivity contribution in [3.8, 4) is 11.1 Å². The summed E-state index contributed by atoms with van der Waals surface area (Å²) >= 11 is 0. The molecule has 0 bridgehead atoms. The number of aromatic nitrogens is 2. The number of benzene rings is 9. The van der Waals surface area contributed by atoms with Gasteiger partial charge in [-0.25, -0.2) is 0 Å². The predicted octanol–water partition coefficient (Wildman–Crippen LogP) is 17.2. The first-order chi connectivity index (χ1) is 31.7. The van der Waals surface area contributed by atoms with Gasteiger partial charge in [-0.1, -0.05) is 177 Å². The van der Waals surface area contributed by atoms with Crippen LogP contribution in [0.4, 0.5) is 17.1 Å². The van der Waals surface area contributed by atoms with Crippen molar-refractivity contribution in [1.82, 2.24) is 9.55 Å². The third-order valence-electron chi connectivity index (χ3n) is 13.2. The summed E-state index contributed by atoms with van der Waals surface area (Å²) < 4.78 is 2.28. The molecule has 9 aromatic carbocycles. The highest BCUT2D eigenvalue weighted by Gasteiger charge is 2.38. The van der Waals surface area contributed by atoms with Gasteiger partial charge in [0.05, 0.1) is 11.4 Å². The first-order valence-electron chi connectivity index (χ1n) is 22.7. The molecule has 1 N–H and O–H groups in total. The maximum Gasteiger partial charge on any atom is 0.0562 e. The van der Waals surface area contributed by atoms with Gasteiger partial charge in [0, 0.05) is 67.1 Å². The minimum absolute atomic E-state index is 0.107. The van der Waals surface area contributed by atoms with Crippen LogP contribution in [0.1, 0.15) is 48.6 Å². The molecule has 0 fully saturated rings. The second kappa shape index (κ2) is 17.9. The van der Waals surface area contributed by atoms with Crippen LogP contribution in [0, 0.1) is 13.8 Å². The second-order valence-electron chi connectivity index (χ2n) is 17.5. The zero-order valence-corrected chi connectivity index (χ0v) is 38.5. The Labute approximate surface area is 383 Å². The van der Waals surface area contributed by atoms with Crippen LogP contribution in [-0.4, -0.2) is 9.55 Å². The lowest BCUT2D eigenvalue weighted by Gasteiger charge is -2.30. The molecule has 0 unspecified atom stereocenters. The summed E-state index contributed by atoms with van der Waals surface area (Å²) in [7, 11) is 2.14. The third-order valence-corrected chi connectivity index (χ3v) is 13.2. The van der Waals surface area contributed by atoms with E-state index < -0.39 is 0 Å². The molecule has 1 aliphatic carbocycles. The largest absolute Gasteiger partial charge is 0.354 e. The zero-order valence-electron chi connectivity index (χ0n) is 38.5. The molecule has 3 nitrogen and oxygen atoms in total. The number of rotatable bonds is 4. The van der Waals surface area contributed by atoms with E-state index in [1.165, 1.54) is 93.7 Å². The maximum absolute atomic E-state index is 3.66. The number of aromatic amines is 1. The van der Waals surface area contributed by atoms with Gasteiger partial charge in [-0.05, 0) is 102 Å². The Morgan fingerprint density at radius 2 is 1.11 bits per heavy atom. The van der Waals surface area contributed by atoms with Gasteiger partial charge in [0.25, 0.3) is 0 Å². The minimum atomic E-state index is -0.107. The van der Waals surface area contributed by atoms with Crippen molar-refractivity contribution in [2.24, 2.45) is 7.05 Å². The van der Waals surface area contributed by atoms with E-state index in [1.807, 2.05) is 18.2 Å². The van der Waals surface area contributed by atoms with Crippen LogP contribution in [0.25, 0.3) is 65.5 Å². The van der Waals surface area contributed by atoms with Gasteiger partial charge in [-0.15, -0.1) is 13.2 Å². The number of H-pyrrole nitrogens is 1. The highest BCUT2D eigenvalue weighted by molar-refractivity contribution is 6.17. The van der Waals surface area contributed by atoms with E-state index in [4.69, 9.17) is 0 Å². The molecule has 0 spiro atoms. The number of anilines is 3. The van der Waals surface area contributed by atoms with E-state index in [2.05, 4.69) is 245 Å². The molecule has 2 heterocycles.